The maximum absolute atomic E-state index is 12.1. The lowest BCUT2D eigenvalue weighted by atomic mass is 10.2. The van der Waals surface area contributed by atoms with Gasteiger partial charge in [-0.25, -0.2) is 13.4 Å². The van der Waals surface area contributed by atoms with Gasteiger partial charge < -0.3 is 0 Å². The second-order valence-electron chi connectivity index (χ2n) is 5.73. The van der Waals surface area contributed by atoms with Gasteiger partial charge in [0.15, 0.2) is 0 Å². The molecule has 1 aliphatic rings. The van der Waals surface area contributed by atoms with Crippen molar-refractivity contribution in [2.75, 3.05) is 23.7 Å². The molecule has 1 aromatic heterocycles. The normalized spacial score (nSPS) is 16.2. The minimum Gasteiger partial charge on any atom is -0.290 e. The summed E-state index contributed by atoms with van der Waals surface area (Å²) in [6.07, 6.45) is 2.05. The molecule has 0 fully saturated rings. The monoisotopic (exact) mass is 335 g/mol. The molecule has 0 atom stereocenters. The quantitative estimate of drug-likeness (QED) is 0.906. The van der Waals surface area contributed by atoms with E-state index in [4.69, 9.17) is 0 Å². The molecule has 3 rings (SSSR count). The Balaban J connectivity index is 1.85. The van der Waals surface area contributed by atoms with Gasteiger partial charge in [-0.2, -0.15) is 5.10 Å². The Morgan fingerprint density at radius 2 is 2.04 bits per heavy atom. The smallest absolute Gasteiger partial charge is 0.232 e. The van der Waals surface area contributed by atoms with Crippen LogP contribution in [0.5, 0.6) is 0 Å². The molecule has 2 heterocycles. The van der Waals surface area contributed by atoms with E-state index in [0.717, 1.165) is 29.3 Å². The van der Waals surface area contributed by atoms with Crippen molar-refractivity contribution in [3.8, 4) is 0 Å². The predicted octanol–water partition coefficient (Wildman–Crippen LogP) is 1.15. The third-order valence-electron chi connectivity index (χ3n) is 3.94. The summed E-state index contributed by atoms with van der Waals surface area (Å²) in [5, 5.41) is 7.11. The highest BCUT2D eigenvalue weighted by molar-refractivity contribution is 7.92. The number of para-hydroxylation sites is 1. The predicted molar refractivity (Wildman–Crippen MR) is 88.5 cm³/mol. The van der Waals surface area contributed by atoms with Crippen LogP contribution in [-0.4, -0.2) is 47.8 Å². The van der Waals surface area contributed by atoms with Crippen LogP contribution in [0.3, 0.4) is 0 Å². The van der Waals surface area contributed by atoms with Crippen LogP contribution in [0.1, 0.15) is 24.1 Å². The topological polar surface area (TPSA) is 82.2 Å². The molecule has 2 aromatic rings. The molecule has 0 amide bonds. The van der Waals surface area contributed by atoms with Gasteiger partial charge in [-0.15, -0.1) is 0 Å². The van der Waals surface area contributed by atoms with E-state index in [1.165, 1.54) is 10.6 Å². The average Bonchev–Trinajstić information content (AvgIpc) is 2.86. The zero-order chi connectivity index (χ0) is 16.4. The first-order chi connectivity index (χ1) is 11.0. The van der Waals surface area contributed by atoms with Gasteiger partial charge >= 0.3 is 0 Å². The number of aromatic nitrogens is 3. The van der Waals surface area contributed by atoms with Gasteiger partial charge in [0, 0.05) is 26.1 Å². The van der Waals surface area contributed by atoms with Crippen molar-refractivity contribution in [2.24, 2.45) is 0 Å². The Morgan fingerprint density at radius 1 is 1.26 bits per heavy atom. The van der Waals surface area contributed by atoms with E-state index in [1.54, 1.807) is 0 Å². The number of rotatable bonds is 4. The highest BCUT2D eigenvalue weighted by Crippen LogP contribution is 2.27. The number of aromatic amines is 1. The molecule has 8 heteroatoms. The molecule has 124 valence electrons. The fourth-order valence-electron chi connectivity index (χ4n) is 2.82. The molecule has 1 N–H and O–H groups in total. The van der Waals surface area contributed by atoms with Gasteiger partial charge in [-0.05, 0) is 11.6 Å². The number of H-pyrrole nitrogens is 1. The van der Waals surface area contributed by atoms with E-state index in [9.17, 15) is 8.42 Å². The lowest BCUT2D eigenvalue weighted by Crippen LogP contribution is -2.35. The summed E-state index contributed by atoms with van der Waals surface area (Å²) in [6, 6.07) is 7.65. The van der Waals surface area contributed by atoms with Crippen molar-refractivity contribution in [3.05, 3.63) is 41.5 Å². The Hall–Kier alpha value is -1.93. The molecule has 0 saturated heterocycles. The van der Waals surface area contributed by atoms with Gasteiger partial charge in [-0.1, -0.05) is 25.1 Å². The number of nitrogens with one attached hydrogen (secondary N) is 1. The summed E-state index contributed by atoms with van der Waals surface area (Å²) < 4.78 is 25.7. The Kier molecular flexibility index (Phi) is 4.36. The standard InChI is InChI=1S/C15H21N5O2S/c1-3-14-16-15(18-17-14)11-19-8-9-20(23(2,21)22)13-7-5-4-6-12(13)10-19/h4-7H,3,8-11H2,1-2H3,(H,16,17,18). The molecule has 7 nitrogen and oxygen atoms in total. The zero-order valence-corrected chi connectivity index (χ0v) is 14.2. The van der Waals surface area contributed by atoms with Gasteiger partial charge in [-0.3, -0.25) is 14.3 Å². The highest BCUT2D eigenvalue weighted by atomic mass is 32.2. The Morgan fingerprint density at radius 3 is 2.74 bits per heavy atom. The highest BCUT2D eigenvalue weighted by Gasteiger charge is 2.25. The first kappa shape index (κ1) is 15.9. The van der Waals surface area contributed by atoms with Crippen molar-refractivity contribution >= 4 is 15.7 Å². The van der Waals surface area contributed by atoms with Crippen molar-refractivity contribution < 1.29 is 8.42 Å². The van der Waals surface area contributed by atoms with Gasteiger partial charge in [0.05, 0.1) is 18.5 Å². The molecule has 1 aromatic carbocycles. The molecule has 23 heavy (non-hydrogen) atoms. The summed E-state index contributed by atoms with van der Waals surface area (Å²) in [6.45, 7) is 4.40. The van der Waals surface area contributed by atoms with Crippen molar-refractivity contribution in [3.63, 3.8) is 0 Å². The van der Waals surface area contributed by atoms with E-state index in [2.05, 4.69) is 20.1 Å². The number of anilines is 1. The second-order valence-corrected chi connectivity index (χ2v) is 7.63. The number of benzene rings is 1. The first-order valence-corrected chi connectivity index (χ1v) is 9.50. The van der Waals surface area contributed by atoms with Gasteiger partial charge in [0.2, 0.25) is 10.0 Å². The van der Waals surface area contributed by atoms with Crippen molar-refractivity contribution in [2.45, 2.75) is 26.4 Å². The fraction of sp³-hybridized carbons (Fsp3) is 0.467. The maximum atomic E-state index is 12.1. The Bertz CT molecular complexity index is 787. The average molecular weight is 335 g/mol. The minimum atomic E-state index is -3.29. The molecular weight excluding hydrogens is 314 g/mol. The lowest BCUT2D eigenvalue weighted by Gasteiger charge is -2.22. The SMILES string of the molecule is CCc1n[nH]c(CN2CCN(S(C)(=O)=O)c3ccccc3C2)n1. The molecule has 0 unspecified atom stereocenters. The van der Waals surface area contributed by atoms with Crippen LogP contribution in [0.4, 0.5) is 5.69 Å². The van der Waals surface area contributed by atoms with Crippen molar-refractivity contribution in [1.82, 2.24) is 20.1 Å². The summed E-state index contributed by atoms with van der Waals surface area (Å²) in [5.74, 6) is 1.61. The van der Waals surface area contributed by atoms with Crippen LogP contribution in [0, 0.1) is 0 Å². The third kappa shape index (κ3) is 3.53. The third-order valence-corrected chi connectivity index (χ3v) is 5.12. The molecule has 1 aliphatic heterocycles. The summed E-state index contributed by atoms with van der Waals surface area (Å²) in [4.78, 5) is 6.62. The number of fused-ring (bicyclic) bond motifs is 1. The molecule has 0 radical (unpaired) electrons. The van der Waals surface area contributed by atoms with Crippen LogP contribution in [0.15, 0.2) is 24.3 Å². The largest absolute Gasteiger partial charge is 0.290 e. The molecule has 0 bridgehead atoms. The first-order valence-electron chi connectivity index (χ1n) is 7.65. The van der Waals surface area contributed by atoms with Gasteiger partial charge in [0.1, 0.15) is 11.6 Å². The van der Waals surface area contributed by atoms with E-state index < -0.39 is 10.0 Å². The van der Waals surface area contributed by atoms with E-state index >= 15 is 0 Å². The maximum Gasteiger partial charge on any atom is 0.232 e. The molecule has 0 spiro atoms. The molecular formula is C15H21N5O2S. The zero-order valence-electron chi connectivity index (χ0n) is 13.4. The number of nitrogens with zero attached hydrogens (tertiary/aromatic N) is 4. The van der Waals surface area contributed by atoms with Crippen LogP contribution < -0.4 is 4.31 Å². The summed E-state index contributed by atoms with van der Waals surface area (Å²) >= 11 is 0. The Labute approximate surface area is 136 Å². The van der Waals surface area contributed by atoms with Crippen molar-refractivity contribution in [1.29, 1.82) is 0 Å². The van der Waals surface area contributed by atoms with Crippen LogP contribution in [0.25, 0.3) is 0 Å². The van der Waals surface area contributed by atoms with Crippen LogP contribution in [0.2, 0.25) is 0 Å². The molecule has 0 aliphatic carbocycles. The van der Waals surface area contributed by atoms with E-state index in [1.807, 2.05) is 31.2 Å². The number of aryl methyl sites for hydroxylation is 1. The number of hydrogen-bond donors (Lipinski definition) is 1. The van der Waals surface area contributed by atoms with Gasteiger partial charge in [0.25, 0.3) is 0 Å². The second kappa shape index (κ2) is 6.29. The lowest BCUT2D eigenvalue weighted by molar-refractivity contribution is 0.264. The van der Waals surface area contributed by atoms with Crippen LogP contribution in [-0.2, 0) is 29.5 Å². The summed E-state index contributed by atoms with van der Waals surface area (Å²) in [5.41, 5.74) is 1.77. The van der Waals surface area contributed by atoms with Crippen LogP contribution >= 0.6 is 0 Å². The number of hydrogen-bond acceptors (Lipinski definition) is 5. The van der Waals surface area contributed by atoms with E-state index in [-0.39, 0.29) is 0 Å². The fourth-order valence-corrected chi connectivity index (χ4v) is 3.76. The minimum absolute atomic E-state index is 0.435. The molecule has 0 saturated carbocycles. The number of sulfonamides is 1. The summed E-state index contributed by atoms with van der Waals surface area (Å²) in [7, 11) is -3.29. The van der Waals surface area contributed by atoms with E-state index in [0.29, 0.717) is 26.2 Å².